The van der Waals surface area contributed by atoms with Gasteiger partial charge >= 0.3 is 0 Å². The van der Waals surface area contributed by atoms with E-state index in [0.29, 0.717) is 18.1 Å². The molecule has 4 aliphatic carbocycles. The van der Waals surface area contributed by atoms with Gasteiger partial charge in [-0.1, -0.05) is 19.8 Å². The van der Waals surface area contributed by atoms with Gasteiger partial charge < -0.3 is 9.84 Å². The first kappa shape index (κ1) is 15.4. The Morgan fingerprint density at radius 2 is 1.86 bits per heavy atom. The Bertz CT molecular complexity index is 395. The van der Waals surface area contributed by atoms with E-state index in [1.807, 2.05) is 0 Å². The molecule has 0 aromatic heterocycles. The van der Waals surface area contributed by atoms with E-state index >= 15 is 0 Å². The molecule has 0 radical (unpaired) electrons. The van der Waals surface area contributed by atoms with Gasteiger partial charge in [-0.2, -0.15) is 0 Å². The Morgan fingerprint density at radius 3 is 2.73 bits per heavy atom. The van der Waals surface area contributed by atoms with E-state index in [9.17, 15) is 0 Å². The van der Waals surface area contributed by atoms with Crippen LogP contribution >= 0.6 is 0 Å². The molecule has 0 saturated heterocycles. The molecule has 4 saturated carbocycles. The molecule has 2 nitrogen and oxygen atoms in total. The summed E-state index contributed by atoms with van der Waals surface area (Å²) in [5.41, 5.74) is 0.666. The van der Waals surface area contributed by atoms with Crippen LogP contribution in [-0.4, -0.2) is 24.4 Å². The quantitative estimate of drug-likeness (QED) is 0.837. The van der Waals surface area contributed by atoms with Crippen LogP contribution in [0.2, 0.25) is 0 Å². The van der Waals surface area contributed by atoms with Gasteiger partial charge in [0.05, 0.1) is 19.3 Å². The van der Waals surface area contributed by atoms with Crippen molar-refractivity contribution in [2.45, 2.75) is 77.2 Å². The predicted molar refractivity (Wildman–Crippen MR) is 88.6 cm³/mol. The van der Waals surface area contributed by atoms with Crippen molar-refractivity contribution in [2.24, 2.45) is 35.0 Å². The molecule has 0 heterocycles. The Labute approximate surface area is 136 Å². The fraction of sp³-hybridized carbons (Fsp3) is 1.00. The molecule has 4 aliphatic rings. The van der Waals surface area contributed by atoms with Crippen LogP contribution in [0.1, 0.15) is 71.1 Å². The SMILES string of the molecule is CC12CCC3CC(OCCO)CCC3C1CCC1CCCC12. The Morgan fingerprint density at radius 1 is 0.955 bits per heavy atom. The van der Waals surface area contributed by atoms with Gasteiger partial charge in [0, 0.05) is 0 Å². The Balaban J connectivity index is 1.46. The van der Waals surface area contributed by atoms with Crippen LogP contribution in [0.3, 0.4) is 0 Å². The van der Waals surface area contributed by atoms with Crippen LogP contribution < -0.4 is 0 Å². The average Bonchev–Trinajstić information content (AvgIpc) is 3.02. The monoisotopic (exact) mass is 306 g/mol. The van der Waals surface area contributed by atoms with Crippen molar-refractivity contribution in [3.05, 3.63) is 0 Å². The summed E-state index contributed by atoms with van der Waals surface area (Å²) in [5.74, 6) is 5.02. The number of fused-ring (bicyclic) bond motifs is 5. The number of ether oxygens (including phenoxy) is 1. The normalized spacial score (nSPS) is 51.0. The fourth-order valence-electron chi connectivity index (χ4n) is 7.30. The summed E-state index contributed by atoms with van der Waals surface area (Å²) in [4.78, 5) is 0. The van der Waals surface area contributed by atoms with Crippen LogP contribution in [0, 0.1) is 35.0 Å². The van der Waals surface area contributed by atoms with E-state index in [-0.39, 0.29) is 6.61 Å². The first-order valence-electron chi connectivity index (χ1n) is 9.95. The van der Waals surface area contributed by atoms with Crippen molar-refractivity contribution in [3.8, 4) is 0 Å². The molecular weight excluding hydrogens is 272 g/mol. The predicted octanol–water partition coefficient (Wildman–Crippen LogP) is 4.41. The van der Waals surface area contributed by atoms with Crippen molar-refractivity contribution in [2.75, 3.05) is 13.2 Å². The molecule has 0 aromatic rings. The van der Waals surface area contributed by atoms with E-state index in [0.717, 1.165) is 29.6 Å². The fourth-order valence-corrected chi connectivity index (χ4v) is 7.30. The number of rotatable bonds is 3. The van der Waals surface area contributed by atoms with Crippen molar-refractivity contribution < 1.29 is 9.84 Å². The second-order valence-corrected chi connectivity index (χ2v) is 8.98. The summed E-state index contributed by atoms with van der Waals surface area (Å²) in [6.45, 7) is 3.38. The third-order valence-corrected chi connectivity index (χ3v) is 8.21. The molecule has 7 atom stereocenters. The van der Waals surface area contributed by atoms with Crippen molar-refractivity contribution in [1.29, 1.82) is 0 Å². The summed E-state index contributed by atoms with van der Waals surface area (Å²) in [7, 11) is 0. The number of hydrogen-bond donors (Lipinski definition) is 1. The maximum atomic E-state index is 8.98. The molecule has 0 spiro atoms. The average molecular weight is 306 g/mol. The molecule has 1 N–H and O–H groups in total. The van der Waals surface area contributed by atoms with Gasteiger partial charge in [0.25, 0.3) is 0 Å². The molecule has 4 fully saturated rings. The molecule has 22 heavy (non-hydrogen) atoms. The third kappa shape index (κ3) is 2.45. The largest absolute Gasteiger partial charge is 0.394 e. The molecule has 0 bridgehead atoms. The van der Waals surface area contributed by atoms with Crippen molar-refractivity contribution in [3.63, 3.8) is 0 Å². The minimum Gasteiger partial charge on any atom is -0.394 e. The standard InChI is InChI=1S/C20H34O2/c1-20-10-9-15-13-16(22-12-11-21)6-7-17(15)19(20)8-5-14-3-2-4-18(14)20/h14-19,21H,2-13H2,1H3. The van der Waals surface area contributed by atoms with Gasteiger partial charge in [-0.25, -0.2) is 0 Å². The summed E-state index contributed by atoms with van der Waals surface area (Å²) >= 11 is 0. The zero-order valence-corrected chi connectivity index (χ0v) is 14.3. The second kappa shape index (κ2) is 6.09. The minimum atomic E-state index is 0.175. The summed E-state index contributed by atoms with van der Waals surface area (Å²) < 4.78 is 5.86. The van der Waals surface area contributed by atoms with Gasteiger partial charge in [-0.15, -0.1) is 0 Å². The van der Waals surface area contributed by atoms with Crippen LogP contribution in [0.4, 0.5) is 0 Å². The smallest absolute Gasteiger partial charge is 0.0701 e. The second-order valence-electron chi connectivity index (χ2n) is 8.98. The number of aliphatic hydroxyl groups is 1. The first-order valence-corrected chi connectivity index (χ1v) is 9.95. The molecule has 0 aliphatic heterocycles. The maximum absolute atomic E-state index is 8.98. The maximum Gasteiger partial charge on any atom is 0.0701 e. The highest BCUT2D eigenvalue weighted by Crippen LogP contribution is 2.64. The molecule has 0 aromatic carbocycles. The lowest BCUT2D eigenvalue weighted by Gasteiger charge is -2.59. The molecule has 126 valence electrons. The van der Waals surface area contributed by atoms with Gasteiger partial charge in [0.15, 0.2) is 0 Å². The number of aliphatic hydroxyl groups excluding tert-OH is 1. The van der Waals surface area contributed by atoms with Crippen LogP contribution in [0.5, 0.6) is 0 Å². The molecule has 2 heteroatoms. The molecular formula is C20H34O2. The van der Waals surface area contributed by atoms with Gasteiger partial charge in [-0.3, -0.25) is 0 Å². The molecule has 0 amide bonds. The minimum absolute atomic E-state index is 0.175. The van der Waals surface area contributed by atoms with Crippen LogP contribution in [0.15, 0.2) is 0 Å². The van der Waals surface area contributed by atoms with E-state index in [2.05, 4.69) is 6.92 Å². The highest BCUT2D eigenvalue weighted by atomic mass is 16.5. The summed E-state index contributed by atoms with van der Waals surface area (Å²) in [6, 6.07) is 0. The van der Waals surface area contributed by atoms with Crippen molar-refractivity contribution >= 4 is 0 Å². The highest BCUT2D eigenvalue weighted by molar-refractivity contribution is 5.05. The van der Waals surface area contributed by atoms with Gasteiger partial charge in [-0.05, 0) is 86.4 Å². The molecule has 7 unspecified atom stereocenters. The first-order chi connectivity index (χ1) is 10.7. The highest BCUT2D eigenvalue weighted by Gasteiger charge is 2.55. The number of hydrogen-bond acceptors (Lipinski definition) is 2. The summed E-state index contributed by atoms with van der Waals surface area (Å²) in [5, 5.41) is 8.98. The van der Waals surface area contributed by atoms with E-state index in [1.165, 1.54) is 64.2 Å². The Hall–Kier alpha value is -0.0800. The molecule has 4 rings (SSSR count). The van der Waals surface area contributed by atoms with E-state index in [4.69, 9.17) is 9.84 Å². The van der Waals surface area contributed by atoms with E-state index in [1.54, 1.807) is 0 Å². The zero-order valence-electron chi connectivity index (χ0n) is 14.3. The topological polar surface area (TPSA) is 29.5 Å². The van der Waals surface area contributed by atoms with Crippen LogP contribution in [-0.2, 0) is 4.74 Å². The Kier molecular flexibility index (Phi) is 4.28. The third-order valence-electron chi connectivity index (χ3n) is 8.21. The van der Waals surface area contributed by atoms with Gasteiger partial charge in [0.2, 0.25) is 0 Å². The summed E-state index contributed by atoms with van der Waals surface area (Å²) in [6.07, 6.45) is 14.8. The van der Waals surface area contributed by atoms with E-state index < -0.39 is 0 Å². The van der Waals surface area contributed by atoms with Gasteiger partial charge in [0.1, 0.15) is 0 Å². The lowest BCUT2D eigenvalue weighted by Crippen LogP contribution is -2.51. The van der Waals surface area contributed by atoms with Crippen LogP contribution in [0.25, 0.3) is 0 Å². The lowest BCUT2D eigenvalue weighted by molar-refractivity contribution is -0.112. The van der Waals surface area contributed by atoms with Crippen molar-refractivity contribution in [1.82, 2.24) is 0 Å². The zero-order chi connectivity index (χ0) is 15.2. The lowest BCUT2D eigenvalue weighted by atomic mass is 9.47.